The van der Waals surface area contributed by atoms with E-state index in [2.05, 4.69) is 20.7 Å². The molecule has 0 unspecified atom stereocenters. The SMILES string of the molecule is CC(C)c1[nH]nc(NN=C2C(=O)OC3(CCCCC3)OC2=O)c1C#N. The van der Waals surface area contributed by atoms with Crippen LogP contribution in [0.3, 0.4) is 0 Å². The van der Waals surface area contributed by atoms with Crippen molar-refractivity contribution in [1.29, 1.82) is 5.26 Å². The number of hydrogen-bond acceptors (Lipinski definition) is 8. The molecule has 1 aliphatic carbocycles. The van der Waals surface area contributed by atoms with Crippen LogP contribution in [0.4, 0.5) is 5.82 Å². The largest absolute Gasteiger partial charge is 0.417 e. The minimum Gasteiger partial charge on any atom is -0.417 e. The monoisotopic (exact) mass is 345 g/mol. The van der Waals surface area contributed by atoms with Gasteiger partial charge in [-0.05, 0) is 18.8 Å². The third kappa shape index (κ3) is 3.20. The molecule has 1 aromatic rings. The van der Waals surface area contributed by atoms with Crippen LogP contribution in [0.5, 0.6) is 0 Å². The van der Waals surface area contributed by atoms with Gasteiger partial charge in [0.05, 0.1) is 5.69 Å². The predicted octanol–water partition coefficient (Wildman–Crippen LogP) is 1.93. The first kappa shape index (κ1) is 17.0. The summed E-state index contributed by atoms with van der Waals surface area (Å²) in [6.07, 6.45) is 3.69. The Hall–Kier alpha value is -2.89. The molecule has 3 rings (SSSR count). The molecule has 9 nitrogen and oxygen atoms in total. The second-order valence-electron chi connectivity index (χ2n) is 6.45. The fourth-order valence-corrected chi connectivity index (χ4v) is 3.00. The summed E-state index contributed by atoms with van der Waals surface area (Å²) >= 11 is 0. The minimum absolute atomic E-state index is 0.0566. The maximum absolute atomic E-state index is 12.2. The first-order chi connectivity index (χ1) is 12.0. The molecule has 0 aromatic carbocycles. The molecule has 1 aromatic heterocycles. The number of aromatic nitrogens is 2. The number of ether oxygens (including phenoxy) is 2. The number of esters is 2. The molecule has 2 aliphatic rings. The van der Waals surface area contributed by atoms with E-state index in [1.165, 1.54) is 0 Å². The average Bonchev–Trinajstić information content (AvgIpc) is 2.98. The Morgan fingerprint density at radius 3 is 2.44 bits per heavy atom. The quantitative estimate of drug-likeness (QED) is 0.632. The molecule has 1 saturated carbocycles. The zero-order valence-corrected chi connectivity index (χ0v) is 14.1. The zero-order valence-electron chi connectivity index (χ0n) is 14.1. The zero-order chi connectivity index (χ0) is 18.0. The molecule has 132 valence electrons. The van der Waals surface area contributed by atoms with E-state index in [0.29, 0.717) is 18.5 Å². The van der Waals surface area contributed by atoms with Crippen LogP contribution in [0.25, 0.3) is 0 Å². The number of H-pyrrole nitrogens is 1. The van der Waals surface area contributed by atoms with E-state index < -0.39 is 23.4 Å². The number of nitrogens with zero attached hydrogens (tertiary/aromatic N) is 3. The number of nitrogens with one attached hydrogen (secondary N) is 2. The lowest BCUT2D eigenvalue weighted by atomic mass is 9.93. The van der Waals surface area contributed by atoms with Crippen LogP contribution < -0.4 is 5.43 Å². The highest BCUT2D eigenvalue weighted by atomic mass is 16.7. The Labute approximate surface area is 144 Å². The summed E-state index contributed by atoms with van der Waals surface area (Å²) in [5.41, 5.74) is 2.91. The molecule has 0 atom stereocenters. The van der Waals surface area contributed by atoms with Crippen LogP contribution in [-0.2, 0) is 19.1 Å². The molecule has 25 heavy (non-hydrogen) atoms. The molecule has 2 N–H and O–H groups in total. The van der Waals surface area contributed by atoms with Crippen LogP contribution in [0.15, 0.2) is 5.10 Å². The summed E-state index contributed by atoms with van der Waals surface area (Å²) in [7, 11) is 0. The molecule has 0 bridgehead atoms. The first-order valence-electron chi connectivity index (χ1n) is 8.24. The maximum Gasteiger partial charge on any atom is 0.369 e. The van der Waals surface area contributed by atoms with Gasteiger partial charge < -0.3 is 9.47 Å². The summed E-state index contributed by atoms with van der Waals surface area (Å²) < 4.78 is 10.7. The first-order valence-corrected chi connectivity index (χ1v) is 8.24. The lowest BCUT2D eigenvalue weighted by molar-refractivity contribution is -0.237. The van der Waals surface area contributed by atoms with Gasteiger partial charge in [-0.2, -0.15) is 15.5 Å². The fraction of sp³-hybridized carbons (Fsp3) is 0.562. The van der Waals surface area contributed by atoms with Crippen molar-refractivity contribution in [3.8, 4) is 6.07 Å². The smallest absolute Gasteiger partial charge is 0.369 e. The second-order valence-corrected chi connectivity index (χ2v) is 6.45. The average molecular weight is 345 g/mol. The maximum atomic E-state index is 12.2. The summed E-state index contributed by atoms with van der Waals surface area (Å²) in [5, 5.41) is 19.7. The predicted molar refractivity (Wildman–Crippen MR) is 86.4 cm³/mol. The Kier molecular flexibility index (Phi) is 4.44. The van der Waals surface area contributed by atoms with Crippen molar-refractivity contribution in [1.82, 2.24) is 10.2 Å². The molecule has 9 heteroatoms. The van der Waals surface area contributed by atoms with Crippen LogP contribution in [0, 0.1) is 11.3 Å². The molecule has 0 radical (unpaired) electrons. The van der Waals surface area contributed by atoms with Gasteiger partial charge in [0.2, 0.25) is 0 Å². The topological polar surface area (TPSA) is 129 Å². The van der Waals surface area contributed by atoms with Crippen molar-refractivity contribution in [2.45, 2.75) is 57.7 Å². The van der Waals surface area contributed by atoms with Crippen LogP contribution in [-0.4, -0.2) is 33.6 Å². The van der Waals surface area contributed by atoms with Crippen molar-refractivity contribution in [3.63, 3.8) is 0 Å². The number of hydrogen-bond donors (Lipinski definition) is 2. The second kappa shape index (κ2) is 6.55. The normalized spacial score (nSPS) is 19.4. The van der Waals surface area contributed by atoms with E-state index in [0.717, 1.165) is 19.3 Å². The number of hydrazone groups is 1. The summed E-state index contributed by atoms with van der Waals surface area (Å²) in [5.74, 6) is -2.62. The third-order valence-corrected chi connectivity index (χ3v) is 4.32. The van der Waals surface area contributed by atoms with E-state index in [9.17, 15) is 14.9 Å². The number of carbonyl (C=O) groups excluding carboxylic acids is 2. The van der Waals surface area contributed by atoms with Crippen molar-refractivity contribution < 1.29 is 19.1 Å². The van der Waals surface area contributed by atoms with Crippen molar-refractivity contribution >= 4 is 23.5 Å². The number of rotatable bonds is 3. The molecule has 1 spiro atoms. The van der Waals surface area contributed by atoms with E-state index in [4.69, 9.17) is 9.47 Å². The van der Waals surface area contributed by atoms with E-state index in [-0.39, 0.29) is 17.3 Å². The van der Waals surface area contributed by atoms with Gasteiger partial charge in [0.25, 0.3) is 11.5 Å². The van der Waals surface area contributed by atoms with Crippen LogP contribution in [0.2, 0.25) is 0 Å². The third-order valence-electron chi connectivity index (χ3n) is 4.32. The van der Waals surface area contributed by atoms with Gasteiger partial charge in [0, 0.05) is 12.8 Å². The molecule has 2 fully saturated rings. The van der Waals surface area contributed by atoms with Crippen LogP contribution >= 0.6 is 0 Å². The highest BCUT2D eigenvalue weighted by molar-refractivity contribution is 6.63. The fourth-order valence-electron chi connectivity index (χ4n) is 3.00. The molecule has 0 amide bonds. The summed E-state index contributed by atoms with van der Waals surface area (Å²) in [6.45, 7) is 3.81. The molecule has 1 aliphatic heterocycles. The van der Waals surface area contributed by atoms with E-state index in [1.807, 2.05) is 19.9 Å². The van der Waals surface area contributed by atoms with Crippen molar-refractivity contribution in [2.75, 3.05) is 5.43 Å². The molecule has 2 heterocycles. The van der Waals surface area contributed by atoms with Gasteiger partial charge in [-0.25, -0.2) is 9.59 Å². The number of carbonyl (C=O) groups is 2. The Morgan fingerprint density at radius 1 is 1.24 bits per heavy atom. The van der Waals surface area contributed by atoms with Crippen LogP contribution in [0.1, 0.15) is 63.1 Å². The minimum atomic E-state index is -1.15. The van der Waals surface area contributed by atoms with E-state index in [1.54, 1.807) is 0 Å². The summed E-state index contributed by atoms with van der Waals surface area (Å²) in [6, 6.07) is 2.02. The highest BCUT2D eigenvalue weighted by Gasteiger charge is 2.47. The summed E-state index contributed by atoms with van der Waals surface area (Å²) in [4.78, 5) is 24.4. The Bertz CT molecular complexity index is 746. The van der Waals surface area contributed by atoms with Gasteiger partial charge in [0.1, 0.15) is 11.6 Å². The lowest BCUT2D eigenvalue weighted by Gasteiger charge is -2.38. The standard InChI is InChI=1S/C16H19N5O4/c1-9(2)11-10(8-17)13(20-18-11)21-19-12-14(22)24-16(25-15(12)23)6-4-3-5-7-16/h9H,3-7H2,1-2H3,(H2,18,20,21). The lowest BCUT2D eigenvalue weighted by Crippen LogP contribution is -2.51. The van der Waals surface area contributed by atoms with Gasteiger partial charge in [-0.1, -0.05) is 20.3 Å². The highest BCUT2D eigenvalue weighted by Crippen LogP contribution is 2.35. The van der Waals surface area contributed by atoms with Gasteiger partial charge in [-0.3, -0.25) is 10.5 Å². The van der Waals surface area contributed by atoms with Gasteiger partial charge >= 0.3 is 11.9 Å². The van der Waals surface area contributed by atoms with E-state index >= 15 is 0 Å². The molecular formula is C16H19N5O4. The van der Waals surface area contributed by atoms with Crippen molar-refractivity contribution in [2.24, 2.45) is 5.10 Å². The molecule has 1 saturated heterocycles. The number of nitriles is 1. The number of aromatic amines is 1. The van der Waals surface area contributed by atoms with Gasteiger partial charge in [0.15, 0.2) is 5.82 Å². The number of anilines is 1. The van der Waals surface area contributed by atoms with Crippen molar-refractivity contribution in [3.05, 3.63) is 11.3 Å². The Morgan fingerprint density at radius 2 is 1.88 bits per heavy atom. The van der Waals surface area contributed by atoms with Gasteiger partial charge in [-0.15, -0.1) is 0 Å². The Balaban J connectivity index is 1.78. The molecular weight excluding hydrogens is 326 g/mol.